The van der Waals surface area contributed by atoms with Gasteiger partial charge in [-0.05, 0) is 50.5 Å². The van der Waals surface area contributed by atoms with Crippen LogP contribution in [0.2, 0.25) is 0 Å². The summed E-state index contributed by atoms with van der Waals surface area (Å²) in [7, 11) is 0. The number of nitrogens with one attached hydrogen (secondary N) is 1. The third-order valence-corrected chi connectivity index (χ3v) is 6.55. The number of nitrogens with zero attached hydrogens (tertiary/aromatic N) is 2. The molecule has 0 radical (unpaired) electrons. The minimum Gasteiger partial charge on any atom is -0.324 e. The van der Waals surface area contributed by atoms with Gasteiger partial charge in [0.05, 0.1) is 11.7 Å². The zero-order valence-corrected chi connectivity index (χ0v) is 18.2. The molecule has 0 fully saturated rings. The number of hydrogen-bond acceptors (Lipinski definition) is 4. The standard InChI is InChI=1S/C24H23N3O2S/c1-14-9-8-12-19(15(14)2)26-22(28)16(3)27-13-25-23-21(24(27)29)20(17(4)30-23)18-10-6-5-7-11-18/h5-13,16H,1-4H3,(H,26,28)/t16-/m0/s1. The molecule has 2 aromatic carbocycles. The molecule has 0 saturated heterocycles. The lowest BCUT2D eigenvalue weighted by Gasteiger charge is -2.17. The first-order valence-electron chi connectivity index (χ1n) is 9.81. The molecule has 0 spiro atoms. The van der Waals surface area contributed by atoms with Crippen LogP contribution in [0, 0.1) is 20.8 Å². The number of aryl methyl sites for hydroxylation is 2. The quantitative estimate of drug-likeness (QED) is 0.493. The largest absolute Gasteiger partial charge is 0.324 e. The van der Waals surface area contributed by atoms with Gasteiger partial charge in [-0.15, -0.1) is 11.3 Å². The van der Waals surface area contributed by atoms with Gasteiger partial charge in [0.2, 0.25) is 5.91 Å². The first-order valence-corrected chi connectivity index (χ1v) is 10.6. The van der Waals surface area contributed by atoms with Crippen molar-refractivity contribution in [2.24, 2.45) is 0 Å². The van der Waals surface area contributed by atoms with Gasteiger partial charge >= 0.3 is 0 Å². The van der Waals surface area contributed by atoms with Gasteiger partial charge in [0.15, 0.2) is 0 Å². The van der Waals surface area contributed by atoms with Crippen molar-refractivity contribution in [3.05, 3.63) is 81.2 Å². The Bertz CT molecular complexity index is 1310. The number of carbonyl (C=O) groups excluding carboxylic acids is 1. The molecule has 4 aromatic rings. The normalized spacial score (nSPS) is 12.1. The Kier molecular flexibility index (Phi) is 5.26. The van der Waals surface area contributed by atoms with Gasteiger partial charge < -0.3 is 5.32 Å². The van der Waals surface area contributed by atoms with Crippen molar-refractivity contribution in [2.45, 2.75) is 33.7 Å². The molecular formula is C24H23N3O2S. The molecule has 1 N–H and O–H groups in total. The van der Waals surface area contributed by atoms with E-state index in [-0.39, 0.29) is 11.5 Å². The number of carbonyl (C=O) groups is 1. The third kappa shape index (κ3) is 3.44. The zero-order chi connectivity index (χ0) is 21.4. The first-order chi connectivity index (χ1) is 14.4. The highest BCUT2D eigenvalue weighted by Gasteiger charge is 2.22. The molecule has 5 nitrogen and oxygen atoms in total. The molecule has 1 atom stereocenters. The van der Waals surface area contributed by atoms with Crippen molar-refractivity contribution >= 4 is 33.1 Å². The second-order valence-electron chi connectivity index (χ2n) is 7.45. The van der Waals surface area contributed by atoms with Crippen LogP contribution in [0.4, 0.5) is 5.69 Å². The van der Waals surface area contributed by atoms with E-state index in [1.807, 2.05) is 69.3 Å². The summed E-state index contributed by atoms with van der Waals surface area (Å²) in [5.74, 6) is -0.250. The zero-order valence-electron chi connectivity index (χ0n) is 17.4. The molecule has 2 heterocycles. The molecule has 0 aliphatic heterocycles. The van der Waals surface area contributed by atoms with Crippen LogP contribution in [0.1, 0.15) is 29.0 Å². The molecule has 2 aromatic heterocycles. The smallest absolute Gasteiger partial charge is 0.263 e. The maximum absolute atomic E-state index is 13.4. The summed E-state index contributed by atoms with van der Waals surface area (Å²) in [6, 6.07) is 14.9. The second kappa shape index (κ2) is 7.88. The minimum absolute atomic E-state index is 0.202. The molecule has 0 aliphatic rings. The Morgan fingerprint density at radius 1 is 1.07 bits per heavy atom. The fourth-order valence-electron chi connectivity index (χ4n) is 3.59. The van der Waals surface area contributed by atoms with E-state index in [0.29, 0.717) is 10.2 Å². The highest BCUT2D eigenvalue weighted by Crippen LogP contribution is 2.35. The van der Waals surface area contributed by atoms with Gasteiger partial charge in [0.1, 0.15) is 10.9 Å². The van der Waals surface area contributed by atoms with Crippen molar-refractivity contribution in [3.8, 4) is 11.1 Å². The third-order valence-electron chi connectivity index (χ3n) is 5.54. The second-order valence-corrected chi connectivity index (χ2v) is 8.65. The van der Waals surface area contributed by atoms with E-state index in [1.165, 1.54) is 22.2 Å². The van der Waals surface area contributed by atoms with Crippen molar-refractivity contribution in [3.63, 3.8) is 0 Å². The summed E-state index contributed by atoms with van der Waals surface area (Å²) in [4.78, 5) is 32.5. The Labute approximate surface area is 179 Å². The summed E-state index contributed by atoms with van der Waals surface area (Å²) in [5.41, 5.74) is 4.54. The van der Waals surface area contributed by atoms with Crippen molar-refractivity contribution in [1.82, 2.24) is 9.55 Å². The topological polar surface area (TPSA) is 64.0 Å². The number of thiophene rings is 1. The van der Waals surface area contributed by atoms with Gasteiger partial charge in [0, 0.05) is 16.1 Å². The van der Waals surface area contributed by atoms with E-state index in [0.717, 1.165) is 32.8 Å². The molecule has 1 amide bonds. The first kappa shape index (κ1) is 20.0. The average Bonchev–Trinajstić information content (AvgIpc) is 3.08. The predicted octanol–water partition coefficient (Wildman–Crippen LogP) is 5.25. The molecule has 152 valence electrons. The van der Waals surface area contributed by atoms with E-state index in [2.05, 4.69) is 10.3 Å². The molecule has 0 unspecified atom stereocenters. The van der Waals surface area contributed by atoms with Crippen LogP contribution >= 0.6 is 11.3 Å². The number of amides is 1. The highest BCUT2D eigenvalue weighted by molar-refractivity contribution is 7.19. The molecule has 0 aliphatic carbocycles. The van der Waals surface area contributed by atoms with E-state index >= 15 is 0 Å². The Morgan fingerprint density at radius 2 is 1.80 bits per heavy atom. The average molecular weight is 418 g/mol. The van der Waals surface area contributed by atoms with Gasteiger partial charge in [0.25, 0.3) is 5.56 Å². The lowest BCUT2D eigenvalue weighted by Crippen LogP contribution is -2.32. The summed E-state index contributed by atoms with van der Waals surface area (Å²) in [6.07, 6.45) is 1.47. The van der Waals surface area contributed by atoms with E-state index in [4.69, 9.17) is 0 Å². The van der Waals surface area contributed by atoms with E-state index in [9.17, 15) is 9.59 Å². The molecule has 4 rings (SSSR count). The minimum atomic E-state index is -0.696. The van der Waals surface area contributed by atoms with Gasteiger partial charge in [-0.2, -0.15) is 0 Å². The summed E-state index contributed by atoms with van der Waals surface area (Å²) in [6.45, 7) is 7.68. The number of hydrogen-bond donors (Lipinski definition) is 1. The van der Waals surface area contributed by atoms with Gasteiger partial charge in [-0.1, -0.05) is 42.5 Å². The molecule has 0 bridgehead atoms. The number of benzene rings is 2. The van der Waals surface area contributed by atoms with Gasteiger partial charge in [-0.25, -0.2) is 4.98 Å². The van der Waals surface area contributed by atoms with Crippen LogP contribution in [0.3, 0.4) is 0 Å². The number of anilines is 1. The molecular weight excluding hydrogens is 394 g/mol. The van der Waals surface area contributed by atoms with Crippen LogP contribution in [0.15, 0.2) is 59.7 Å². The molecule has 30 heavy (non-hydrogen) atoms. The number of fused-ring (bicyclic) bond motifs is 1. The maximum Gasteiger partial charge on any atom is 0.263 e. The van der Waals surface area contributed by atoms with Gasteiger partial charge in [-0.3, -0.25) is 14.2 Å². The highest BCUT2D eigenvalue weighted by atomic mass is 32.1. The molecule has 0 saturated carbocycles. The maximum atomic E-state index is 13.4. The fourth-order valence-corrected chi connectivity index (χ4v) is 4.60. The monoisotopic (exact) mass is 417 g/mol. The van der Waals surface area contributed by atoms with Crippen LogP contribution in [0.5, 0.6) is 0 Å². The fraction of sp³-hybridized carbons (Fsp3) is 0.208. The summed E-state index contributed by atoms with van der Waals surface area (Å²) < 4.78 is 1.42. The number of rotatable bonds is 4. The van der Waals surface area contributed by atoms with Crippen LogP contribution in [-0.4, -0.2) is 15.5 Å². The lowest BCUT2D eigenvalue weighted by molar-refractivity contribution is -0.118. The van der Waals surface area contributed by atoms with Crippen molar-refractivity contribution in [2.75, 3.05) is 5.32 Å². The Hall–Kier alpha value is -3.25. The van der Waals surface area contributed by atoms with Crippen LogP contribution < -0.4 is 10.9 Å². The SMILES string of the molecule is Cc1cccc(NC(=O)[C@H](C)n2cnc3sc(C)c(-c4ccccc4)c3c2=O)c1C. The van der Waals surface area contributed by atoms with Crippen LogP contribution in [0.25, 0.3) is 21.3 Å². The number of aromatic nitrogens is 2. The van der Waals surface area contributed by atoms with E-state index < -0.39 is 6.04 Å². The predicted molar refractivity (Wildman–Crippen MR) is 123 cm³/mol. The summed E-state index contributed by atoms with van der Waals surface area (Å²) in [5, 5.41) is 3.52. The Balaban J connectivity index is 1.76. The van der Waals surface area contributed by atoms with Crippen LogP contribution in [-0.2, 0) is 4.79 Å². The molecule has 6 heteroatoms. The summed E-state index contributed by atoms with van der Waals surface area (Å²) >= 11 is 1.50. The van der Waals surface area contributed by atoms with Crippen molar-refractivity contribution < 1.29 is 4.79 Å². The lowest BCUT2D eigenvalue weighted by atomic mass is 10.0. The van der Waals surface area contributed by atoms with Crippen molar-refractivity contribution in [1.29, 1.82) is 0 Å². The van der Waals surface area contributed by atoms with E-state index in [1.54, 1.807) is 6.92 Å². The Morgan fingerprint density at radius 3 is 2.53 bits per heavy atom.